The van der Waals surface area contributed by atoms with Crippen molar-refractivity contribution in [3.63, 3.8) is 0 Å². The van der Waals surface area contributed by atoms with Crippen molar-refractivity contribution in [3.05, 3.63) is 219 Å². The Labute approximate surface area is 698 Å². The average Bonchev–Trinajstić information content (AvgIpc) is 1.06. The second kappa shape index (κ2) is 37.0. The minimum atomic E-state index is -1.22. The number of nitrogens with zero attached hydrogens (tertiary/aromatic N) is 12. The van der Waals surface area contributed by atoms with Gasteiger partial charge in [-0.15, -0.1) is 45.3 Å². The SMILES string of the molecule is CCOC(=O)C1=C(C2CCN(c3nc(C(=O)O)cs3)CC2)NC(c2nccs2)=NC1c1ccc(F)c(F)c1Cl.CCOC(=O)C1=C(C2CCN(c3ncc(C(=O)O)s3)CC2)NC(c2nccs2)=NC1c1ccc(F)c(F)c1Cl.COC(=O)C1=C(C2CCN(c3ncc(C(=O)O)s3)CC2)NC(c2nccs2)=NC1c1ccc(F)c(F)c1Br. The van der Waals surface area contributed by atoms with Crippen LogP contribution in [0.15, 0.2) is 142 Å². The molecule has 6 N–H and O–H groups in total. The van der Waals surface area contributed by atoms with Gasteiger partial charge in [0, 0.05) is 125 Å². The standard InChI is InChI=1S/2C25H22ClF2N5O4S2.C24H20BrF2N5O4S2/c1-2-37-24(36)16-19(12-5-8-33(9-6-12)25-30-15(11-39-25)23(34)35)31-21(22-29-7-10-38-22)32-20(16)13-3-4-14(27)18(28)17(13)26;1-2-37-24(36)16-19(12-5-8-33(9-6-12)25-30-11-15(39-25)23(34)35)31-21(22-29-7-10-38-22)32-20(16)13-3-4-14(27)18(28)17(13)26;1-36-23(35)15-18(11-4-7-32(8-5-11)24-29-10-14(38-24)22(33)34)30-20(21-28-6-9-37-21)31-19(15)12-2-3-13(26)17(27)16(12)25/h2*3-4,7,10-12,20H,2,5-6,8-9H2,1H3,(H,31,32)(H,34,35);2-3,6,9-11,19H,4-5,7-8H2,1H3,(H,30,31)(H,33,34). The van der Waals surface area contributed by atoms with Crippen LogP contribution in [0.25, 0.3) is 0 Å². The fourth-order valence-electron chi connectivity index (χ4n) is 13.7. The molecule has 12 heterocycles. The molecule has 15 rings (SSSR count). The Balaban J connectivity index is 0.000000151. The summed E-state index contributed by atoms with van der Waals surface area (Å²) < 4.78 is 101. The first-order valence-electron chi connectivity index (χ1n) is 35.4. The van der Waals surface area contributed by atoms with Crippen molar-refractivity contribution in [3.8, 4) is 0 Å². The van der Waals surface area contributed by atoms with E-state index in [1.807, 2.05) is 14.7 Å². The summed E-state index contributed by atoms with van der Waals surface area (Å²) in [6.45, 7) is 6.92. The number of carboxylic acid groups (broad SMARTS) is 3. The lowest BCUT2D eigenvalue weighted by Gasteiger charge is -2.36. The number of esters is 3. The van der Waals surface area contributed by atoms with Gasteiger partial charge in [0.15, 0.2) is 88.5 Å². The van der Waals surface area contributed by atoms with Crippen molar-refractivity contribution in [1.29, 1.82) is 0 Å². The number of aromatic nitrogens is 6. The number of aromatic carboxylic acids is 3. The number of ether oxygens (including phenoxy) is 3. The summed E-state index contributed by atoms with van der Waals surface area (Å²) >= 11 is 23.1. The number of carboxylic acids is 3. The highest BCUT2D eigenvalue weighted by atomic mass is 79.9. The number of carbonyl (C=O) groups excluding carboxylic acids is 3. The number of anilines is 3. The number of allylic oxidation sites excluding steroid dienone is 3. The molecule has 6 aliphatic rings. The van der Waals surface area contributed by atoms with E-state index in [0.29, 0.717) is 143 Å². The molecule has 0 amide bonds. The van der Waals surface area contributed by atoms with E-state index in [0.717, 1.165) is 40.9 Å². The van der Waals surface area contributed by atoms with Crippen molar-refractivity contribution < 1.29 is 84.6 Å². The van der Waals surface area contributed by atoms with E-state index in [1.54, 1.807) is 48.6 Å². The lowest BCUT2D eigenvalue weighted by atomic mass is 9.85. The molecule has 6 aromatic heterocycles. The largest absolute Gasteiger partial charge is 0.477 e. The number of amidine groups is 3. The van der Waals surface area contributed by atoms with Crippen LogP contribution in [0.3, 0.4) is 0 Å². The Morgan fingerprint density at radius 2 is 0.845 bits per heavy atom. The fourth-order valence-corrected chi connectivity index (χ4v) is 19.0. The number of benzene rings is 3. The van der Waals surface area contributed by atoms with Crippen LogP contribution in [0, 0.1) is 52.7 Å². The first-order valence-corrected chi connectivity index (χ1v) is 42.2. The average molecular weight is 1810 g/mol. The van der Waals surface area contributed by atoms with E-state index in [2.05, 4.69) is 71.8 Å². The molecule has 42 heteroatoms. The van der Waals surface area contributed by atoms with E-state index in [1.165, 1.54) is 88.4 Å². The number of halogens is 9. The molecule has 0 aliphatic carbocycles. The zero-order chi connectivity index (χ0) is 82.3. The third-order valence-electron chi connectivity index (χ3n) is 19.2. The van der Waals surface area contributed by atoms with Gasteiger partial charge in [-0.25, -0.2) is 85.0 Å². The third kappa shape index (κ3) is 18.1. The Kier molecular flexibility index (Phi) is 26.8. The van der Waals surface area contributed by atoms with Crippen LogP contribution in [0.5, 0.6) is 0 Å². The number of thiazole rings is 6. The normalized spacial score (nSPS) is 18.2. The zero-order valence-corrected chi connectivity index (χ0v) is 68.8. The molecule has 3 saturated heterocycles. The van der Waals surface area contributed by atoms with Gasteiger partial charge < -0.3 is 60.2 Å². The van der Waals surface area contributed by atoms with Crippen LogP contribution >= 0.6 is 107 Å². The quantitative estimate of drug-likeness (QED) is 0.0179. The predicted octanol–water partition coefficient (Wildman–Crippen LogP) is 14.9. The van der Waals surface area contributed by atoms with Crippen molar-refractivity contribution in [2.45, 2.75) is 70.5 Å². The lowest BCUT2D eigenvalue weighted by molar-refractivity contribution is -0.139. The molecule has 3 unspecified atom stereocenters. The van der Waals surface area contributed by atoms with Crippen molar-refractivity contribution in [2.24, 2.45) is 32.7 Å². The van der Waals surface area contributed by atoms with Gasteiger partial charge >= 0.3 is 35.8 Å². The van der Waals surface area contributed by atoms with Gasteiger partial charge in [0.2, 0.25) is 0 Å². The predicted molar refractivity (Wildman–Crippen MR) is 429 cm³/mol. The Morgan fingerprint density at radius 1 is 0.491 bits per heavy atom. The molecule has 116 heavy (non-hydrogen) atoms. The van der Waals surface area contributed by atoms with E-state index in [4.69, 9.17) is 42.4 Å². The highest BCUT2D eigenvalue weighted by molar-refractivity contribution is 9.10. The molecule has 0 saturated carbocycles. The molecular weight excluding hydrogens is 1750 g/mol. The van der Waals surface area contributed by atoms with Gasteiger partial charge in [0.05, 0.1) is 64.0 Å². The van der Waals surface area contributed by atoms with Gasteiger partial charge in [0.1, 0.15) is 27.9 Å². The molecule has 606 valence electrons. The van der Waals surface area contributed by atoms with Crippen LogP contribution < -0.4 is 30.7 Å². The lowest BCUT2D eigenvalue weighted by Crippen LogP contribution is -2.41. The summed E-state index contributed by atoms with van der Waals surface area (Å²) in [5.74, 6) is -11.1. The maximum Gasteiger partial charge on any atom is 0.355 e. The molecule has 0 spiro atoms. The maximum atomic E-state index is 14.6. The van der Waals surface area contributed by atoms with Crippen molar-refractivity contribution in [1.82, 2.24) is 45.9 Å². The summed E-state index contributed by atoms with van der Waals surface area (Å²) in [4.78, 5) is 120. The topological polar surface area (TPSA) is 351 Å². The number of hydrogen-bond donors (Lipinski definition) is 6. The van der Waals surface area contributed by atoms with E-state index < -0.39 is 98.9 Å². The smallest absolute Gasteiger partial charge is 0.355 e. The summed E-state index contributed by atoms with van der Waals surface area (Å²) in [7, 11) is 1.26. The molecule has 0 bridgehead atoms. The molecule has 3 aromatic carbocycles. The Bertz CT molecular complexity index is 5220. The van der Waals surface area contributed by atoms with Crippen LogP contribution in [0.1, 0.15) is 132 Å². The second-order valence-corrected chi connectivity index (χ2v) is 33.1. The molecular formula is C74H64BrCl2F6N15O12S6. The monoisotopic (exact) mass is 1810 g/mol. The molecule has 0 radical (unpaired) electrons. The minimum Gasteiger partial charge on any atom is -0.477 e. The van der Waals surface area contributed by atoms with E-state index >= 15 is 0 Å². The summed E-state index contributed by atoms with van der Waals surface area (Å²) in [6.07, 6.45) is 11.1. The van der Waals surface area contributed by atoms with E-state index in [-0.39, 0.29) is 84.3 Å². The molecule has 6 aliphatic heterocycles. The van der Waals surface area contributed by atoms with Crippen LogP contribution in [-0.2, 0) is 28.6 Å². The molecule has 27 nitrogen and oxygen atoms in total. The number of carbonyl (C=O) groups is 6. The van der Waals surface area contributed by atoms with Crippen molar-refractivity contribution >= 4 is 176 Å². The van der Waals surface area contributed by atoms with Gasteiger partial charge in [-0.3, -0.25) is 15.0 Å². The fraction of sp³-hybridized carbons (Fsp3) is 0.311. The van der Waals surface area contributed by atoms with Gasteiger partial charge in [-0.05, 0) is 92.1 Å². The van der Waals surface area contributed by atoms with Crippen LogP contribution in [0.2, 0.25) is 10.0 Å². The molecule has 3 atom stereocenters. The van der Waals surface area contributed by atoms with Crippen LogP contribution in [0.4, 0.5) is 41.7 Å². The zero-order valence-electron chi connectivity index (χ0n) is 60.8. The Morgan fingerprint density at radius 3 is 1.17 bits per heavy atom. The van der Waals surface area contributed by atoms with Crippen molar-refractivity contribution in [2.75, 3.05) is 74.3 Å². The summed E-state index contributed by atoms with van der Waals surface area (Å²) in [5.41, 5.74) is 2.80. The maximum absolute atomic E-state index is 14.6. The number of nitrogens with one attached hydrogen (secondary N) is 3. The molecule has 9 aromatic rings. The highest BCUT2D eigenvalue weighted by Crippen LogP contribution is 2.46. The summed E-state index contributed by atoms with van der Waals surface area (Å²) in [6, 6.07) is 3.86. The minimum absolute atomic E-state index is 0.00562. The van der Waals surface area contributed by atoms with Crippen LogP contribution in [-0.4, -0.2) is 158 Å². The van der Waals surface area contributed by atoms with E-state index in [9.17, 15) is 70.4 Å². The number of rotatable bonds is 20. The number of aliphatic imine (C=N–C) groups is 3. The van der Waals surface area contributed by atoms with Gasteiger partial charge in [-0.2, -0.15) is 0 Å². The second-order valence-electron chi connectivity index (χ2n) is 26.0. The number of methoxy groups -OCH3 is 1. The Hall–Kier alpha value is -10.1. The number of piperidine rings is 3. The number of hydrogen-bond acceptors (Lipinski definition) is 30. The highest BCUT2D eigenvalue weighted by Gasteiger charge is 2.43. The van der Waals surface area contributed by atoms with Gasteiger partial charge in [-0.1, -0.05) is 64.1 Å². The first-order chi connectivity index (χ1) is 55.8. The first kappa shape index (κ1) is 83.9. The van der Waals surface area contributed by atoms with Gasteiger partial charge in [0.25, 0.3) is 0 Å². The third-order valence-corrected chi connectivity index (χ3v) is 26.2. The molecule has 3 fully saturated rings. The summed E-state index contributed by atoms with van der Waals surface area (Å²) in [5, 5.41) is 47.0.